The molecule has 0 bridgehead atoms. The second kappa shape index (κ2) is 6.68. The number of benzene rings is 1. The van der Waals surface area contributed by atoms with Gasteiger partial charge in [0.15, 0.2) is 0 Å². The van der Waals surface area contributed by atoms with E-state index in [-0.39, 0.29) is 5.60 Å². The van der Waals surface area contributed by atoms with Gasteiger partial charge in [-0.15, -0.1) is 0 Å². The summed E-state index contributed by atoms with van der Waals surface area (Å²) in [4.78, 5) is 0. The quantitative estimate of drug-likeness (QED) is 0.878. The Morgan fingerprint density at radius 1 is 1.24 bits per heavy atom. The van der Waals surface area contributed by atoms with Gasteiger partial charge in [0.1, 0.15) is 0 Å². The Morgan fingerprint density at radius 3 is 2.76 bits per heavy atom. The van der Waals surface area contributed by atoms with E-state index < -0.39 is 0 Å². The summed E-state index contributed by atoms with van der Waals surface area (Å²) in [6, 6.07) is 8.11. The van der Waals surface area contributed by atoms with E-state index in [9.17, 15) is 0 Å². The molecule has 1 saturated heterocycles. The van der Waals surface area contributed by atoms with Gasteiger partial charge in [-0.25, -0.2) is 0 Å². The van der Waals surface area contributed by atoms with Gasteiger partial charge in [-0.05, 0) is 62.3 Å². The fourth-order valence-electron chi connectivity index (χ4n) is 4.07. The lowest BCUT2D eigenvalue weighted by Crippen LogP contribution is -2.32. The van der Waals surface area contributed by atoms with Crippen molar-refractivity contribution in [2.75, 3.05) is 6.54 Å². The number of ether oxygens (including phenoxy) is 1. The molecule has 1 heterocycles. The highest BCUT2D eigenvalue weighted by Crippen LogP contribution is 2.43. The highest BCUT2D eigenvalue weighted by molar-refractivity contribution is 6.30. The third-order valence-corrected chi connectivity index (χ3v) is 5.49. The van der Waals surface area contributed by atoms with Gasteiger partial charge >= 0.3 is 0 Å². The summed E-state index contributed by atoms with van der Waals surface area (Å²) >= 11 is 6.11. The summed E-state index contributed by atoms with van der Waals surface area (Å²) < 4.78 is 6.49. The van der Waals surface area contributed by atoms with Crippen LogP contribution in [0, 0.1) is 0 Å². The second-order valence-electron chi connectivity index (χ2n) is 6.75. The van der Waals surface area contributed by atoms with Crippen molar-refractivity contribution in [1.82, 2.24) is 0 Å². The van der Waals surface area contributed by atoms with Crippen molar-refractivity contribution in [3.8, 4) is 0 Å². The molecule has 0 amide bonds. The van der Waals surface area contributed by atoms with E-state index in [2.05, 4.69) is 6.07 Å². The normalized spacial score (nSPS) is 26.1. The van der Waals surface area contributed by atoms with Crippen molar-refractivity contribution < 1.29 is 4.74 Å². The summed E-state index contributed by atoms with van der Waals surface area (Å²) in [6.07, 6.45) is 10.4. The van der Waals surface area contributed by atoms with Gasteiger partial charge in [0.25, 0.3) is 0 Å². The molecule has 0 radical (unpaired) electrons. The van der Waals surface area contributed by atoms with Crippen molar-refractivity contribution in [1.29, 1.82) is 0 Å². The van der Waals surface area contributed by atoms with Gasteiger partial charge < -0.3 is 10.5 Å². The molecule has 1 aromatic rings. The fraction of sp³-hybridized carbons (Fsp3) is 0.667. The van der Waals surface area contributed by atoms with E-state index in [0.717, 1.165) is 11.4 Å². The predicted octanol–water partition coefficient (Wildman–Crippen LogP) is 4.65. The molecule has 2 nitrogen and oxygen atoms in total. The van der Waals surface area contributed by atoms with Crippen LogP contribution in [0.3, 0.4) is 0 Å². The first-order valence-corrected chi connectivity index (χ1v) is 8.72. The summed E-state index contributed by atoms with van der Waals surface area (Å²) in [5.41, 5.74) is 7.46. The van der Waals surface area contributed by atoms with Gasteiger partial charge in [0.2, 0.25) is 0 Å². The minimum absolute atomic E-state index is 0.205. The lowest BCUT2D eigenvalue weighted by atomic mass is 9.83. The molecule has 2 atom stereocenters. The standard InChI is InChI=1S/C18H26ClNO/c19-16-6-4-5-14(11-16)15(13-20)12-17-7-10-18(21-17)8-2-1-3-9-18/h4-6,11,15,17H,1-3,7-10,12-13,20H2. The SMILES string of the molecule is NCC(CC1CCC2(CCCCC2)O1)c1cccc(Cl)c1. The van der Waals surface area contributed by atoms with Crippen molar-refractivity contribution in [2.45, 2.75) is 69.0 Å². The molecule has 2 N–H and O–H groups in total. The van der Waals surface area contributed by atoms with Crippen LogP contribution in [0.2, 0.25) is 5.02 Å². The van der Waals surface area contributed by atoms with Crippen molar-refractivity contribution >= 4 is 11.6 Å². The number of hydrogen-bond acceptors (Lipinski definition) is 2. The molecule has 1 aliphatic carbocycles. The number of hydrogen-bond donors (Lipinski definition) is 1. The van der Waals surface area contributed by atoms with Gasteiger partial charge in [0, 0.05) is 5.02 Å². The van der Waals surface area contributed by atoms with E-state index in [1.807, 2.05) is 18.2 Å². The number of halogens is 1. The molecule has 1 aromatic carbocycles. The summed E-state index contributed by atoms with van der Waals surface area (Å²) in [5, 5.41) is 0.794. The Labute approximate surface area is 133 Å². The number of nitrogens with two attached hydrogens (primary N) is 1. The zero-order valence-electron chi connectivity index (χ0n) is 12.7. The lowest BCUT2D eigenvalue weighted by Gasteiger charge is -2.33. The van der Waals surface area contributed by atoms with Crippen LogP contribution in [0.1, 0.15) is 62.8 Å². The Bertz CT molecular complexity index is 470. The number of rotatable bonds is 4. The van der Waals surface area contributed by atoms with Crippen LogP contribution in [-0.2, 0) is 4.74 Å². The Hall–Kier alpha value is -0.570. The molecule has 21 heavy (non-hydrogen) atoms. The molecule has 2 aliphatic rings. The highest BCUT2D eigenvalue weighted by atomic mass is 35.5. The van der Waals surface area contributed by atoms with Gasteiger partial charge in [0.05, 0.1) is 11.7 Å². The first-order valence-electron chi connectivity index (χ1n) is 8.34. The Kier molecular flexibility index (Phi) is 4.88. The Balaban J connectivity index is 1.63. The monoisotopic (exact) mass is 307 g/mol. The molecule has 1 aliphatic heterocycles. The maximum atomic E-state index is 6.49. The molecule has 0 aromatic heterocycles. The van der Waals surface area contributed by atoms with Crippen LogP contribution in [-0.4, -0.2) is 18.2 Å². The van der Waals surface area contributed by atoms with E-state index in [1.165, 1.54) is 50.5 Å². The fourth-order valence-corrected chi connectivity index (χ4v) is 4.27. The summed E-state index contributed by atoms with van der Waals surface area (Å²) in [5.74, 6) is 0.354. The molecular formula is C18H26ClNO. The maximum Gasteiger partial charge on any atom is 0.0687 e. The smallest absolute Gasteiger partial charge is 0.0687 e. The molecule has 3 rings (SSSR count). The van der Waals surface area contributed by atoms with Crippen LogP contribution < -0.4 is 5.73 Å². The summed E-state index contributed by atoms with van der Waals surface area (Å²) in [7, 11) is 0. The molecule has 2 fully saturated rings. The van der Waals surface area contributed by atoms with Gasteiger partial charge in [-0.2, -0.15) is 0 Å². The lowest BCUT2D eigenvalue weighted by molar-refractivity contribution is -0.0671. The van der Waals surface area contributed by atoms with E-state index in [4.69, 9.17) is 22.1 Å². The molecule has 1 saturated carbocycles. The van der Waals surface area contributed by atoms with Crippen molar-refractivity contribution in [3.63, 3.8) is 0 Å². The molecule has 1 spiro atoms. The minimum atomic E-state index is 0.205. The minimum Gasteiger partial charge on any atom is -0.372 e. The van der Waals surface area contributed by atoms with Gasteiger partial charge in [-0.3, -0.25) is 0 Å². The predicted molar refractivity (Wildman–Crippen MR) is 87.8 cm³/mol. The van der Waals surface area contributed by atoms with E-state index >= 15 is 0 Å². The highest BCUT2D eigenvalue weighted by Gasteiger charge is 2.41. The van der Waals surface area contributed by atoms with Crippen LogP contribution in [0.5, 0.6) is 0 Å². The van der Waals surface area contributed by atoms with Crippen molar-refractivity contribution in [3.05, 3.63) is 34.9 Å². The molecule has 3 heteroatoms. The van der Waals surface area contributed by atoms with E-state index in [1.54, 1.807) is 0 Å². The summed E-state index contributed by atoms with van der Waals surface area (Å²) in [6.45, 7) is 0.660. The van der Waals surface area contributed by atoms with Gasteiger partial charge in [-0.1, -0.05) is 43.0 Å². The maximum absolute atomic E-state index is 6.49. The van der Waals surface area contributed by atoms with Crippen molar-refractivity contribution in [2.24, 2.45) is 5.73 Å². The van der Waals surface area contributed by atoms with Crippen LogP contribution in [0.4, 0.5) is 0 Å². The largest absolute Gasteiger partial charge is 0.372 e. The molecular weight excluding hydrogens is 282 g/mol. The topological polar surface area (TPSA) is 35.2 Å². The van der Waals surface area contributed by atoms with Crippen LogP contribution in [0.15, 0.2) is 24.3 Å². The molecule has 2 unspecified atom stereocenters. The van der Waals surface area contributed by atoms with Crippen LogP contribution in [0.25, 0.3) is 0 Å². The average molecular weight is 308 g/mol. The zero-order valence-corrected chi connectivity index (χ0v) is 13.4. The second-order valence-corrected chi connectivity index (χ2v) is 7.18. The van der Waals surface area contributed by atoms with E-state index in [0.29, 0.717) is 18.6 Å². The zero-order chi connectivity index (χ0) is 14.7. The first kappa shape index (κ1) is 15.3. The third-order valence-electron chi connectivity index (χ3n) is 5.26. The molecule has 116 valence electrons. The third kappa shape index (κ3) is 3.61. The van der Waals surface area contributed by atoms with Crippen LogP contribution >= 0.6 is 11.6 Å². The first-order chi connectivity index (χ1) is 10.2. The average Bonchev–Trinajstić information content (AvgIpc) is 2.88. The Morgan fingerprint density at radius 2 is 2.05 bits per heavy atom.